The Morgan fingerprint density at radius 3 is 2.19 bits per heavy atom. The first-order valence-corrected chi connectivity index (χ1v) is 8.79. The Balaban J connectivity index is 2.12. The number of amides is 3. The maximum atomic E-state index is 11.8. The molecule has 0 aliphatic rings. The SMILES string of the molecule is CC(C)(C)OC(=O)NCCC(=O)NCCNC(=O)Cc1ccccc1Cl. The van der Waals surface area contributed by atoms with Crippen LogP contribution in [-0.2, 0) is 20.7 Å². The van der Waals surface area contributed by atoms with Crippen LogP contribution in [0.2, 0.25) is 5.02 Å². The number of alkyl carbamates (subject to hydrolysis) is 1. The highest BCUT2D eigenvalue weighted by Crippen LogP contribution is 2.15. The molecule has 0 spiro atoms. The third kappa shape index (κ3) is 9.88. The van der Waals surface area contributed by atoms with Crippen molar-refractivity contribution < 1.29 is 19.1 Å². The zero-order chi connectivity index (χ0) is 19.6. The van der Waals surface area contributed by atoms with E-state index < -0.39 is 11.7 Å². The molecular formula is C18H26ClN3O4. The fourth-order valence-electron chi connectivity index (χ4n) is 1.96. The van der Waals surface area contributed by atoms with Gasteiger partial charge in [-0.1, -0.05) is 29.8 Å². The Hall–Kier alpha value is -2.28. The van der Waals surface area contributed by atoms with Gasteiger partial charge in [0.2, 0.25) is 11.8 Å². The zero-order valence-electron chi connectivity index (χ0n) is 15.4. The molecule has 3 N–H and O–H groups in total. The van der Waals surface area contributed by atoms with Crippen molar-refractivity contribution in [3.63, 3.8) is 0 Å². The second-order valence-electron chi connectivity index (χ2n) is 6.65. The zero-order valence-corrected chi connectivity index (χ0v) is 16.1. The normalized spacial score (nSPS) is 10.8. The van der Waals surface area contributed by atoms with Crippen LogP contribution in [0.4, 0.5) is 4.79 Å². The Labute approximate surface area is 158 Å². The number of benzene rings is 1. The van der Waals surface area contributed by atoms with Crippen molar-refractivity contribution in [1.82, 2.24) is 16.0 Å². The number of carbonyl (C=O) groups excluding carboxylic acids is 3. The van der Waals surface area contributed by atoms with Gasteiger partial charge in [0.15, 0.2) is 0 Å². The summed E-state index contributed by atoms with van der Waals surface area (Å²) in [6.07, 6.45) is -0.239. The maximum absolute atomic E-state index is 11.8. The van der Waals surface area contributed by atoms with Gasteiger partial charge in [0, 0.05) is 31.1 Å². The van der Waals surface area contributed by atoms with E-state index >= 15 is 0 Å². The van der Waals surface area contributed by atoms with Gasteiger partial charge in [0.25, 0.3) is 0 Å². The fraction of sp³-hybridized carbons (Fsp3) is 0.500. The van der Waals surface area contributed by atoms with Gasteiger partial charge in [-0.15, -0.1) is 0 Å². The summed E-state index contributed by atoms with van der Waals surface area (Å²) in [5, 5.41) is 8.43. The lowest BCUT2D eigenvalue weighted by Gasteiger charge is -2.19. The predicted molar refractivity (Wildman–Crippen MR) is 100 cm³/mol. The van der Waals surface area contributed by atoms with Gasteiger partial charge < -0.3 is 20.7 Å². The minimum atomic E-state index is -0.575. The van der Waals surface area contributed by atoms with Crippen LogP contribution in [0.1, 0.15) is 32.8 Å². The van der Waals surface area contributed by atoms with Crippen molar-refractivity contribution in [2.24, 2.45) is 0 Å². The van der Waals surface area contributed by atoms with E-state index in [9.17, 15) is 14.4 Å². The lowest BCUT2D eigenvalue weighted by atomic mass is 10.1. The molecular weight excluding hydrogens is 358 g/mol. The minimum absolute atomic E-state index is 0.132. The van der Waals surface area contributed by atoms with Crippen molar-refractivity contribution in [2.75, 3.05) is 19.6 Å². The standard InChI is InChI=1S/C18H26ClN3O4/c1-18(2,3)26-17(25)22-9-8-15(23)20-10-11-21-16(24)12-13-6-4-5-7-14(13)19/h4-7H,8-12H2,1-3H3,(H,20,23)(H,21,24)(H,22,25). The molecule has 144 valence electrons. The second-order valence-corrected chi connectivity index (χ2v) is 7.05. The summed E-state index contributed by atoms with van der Waals surface area (Å²) in [7, 11) is 0. The summed E-state index contributed by atoms with van der Waals surface area (Å²) < 4.78 is 5.06. The lowest BCUT2D eigenvalue weighted by Crippen LogP contribution is -2.37. The Morgan fingerprint density at radius 1 is 0.962 bits per heavy atom. The molecule has 0 fully saturated rings. The summed E-state index contributed by atoms with van der Waals surface area (Å²) in [4.78, 5) is 34.9. The van der Waals surface area contributed by atoms with E-state index in [0.717, 1.165) is 5.56 Å². The van der Waals surface area contributed by atoms with Gasteiger partial charge in [0.05, 0.1) is 6.42 Å². The van der Waals surface area contributed by atoms with Gasteiger partial charge >= 0.3 is 6.09 Å². The van der Waals surface area contributed by atoms with Crippen LogP contribution in [0.25, 0.3) is 0 Å². The molecule has 0 saturated carbocycles. The van der Waals surface area contributed by atoms with Crippen LogP contribution in [-0.4, -0.2) is 43.1 Å². The summed E-state index contributed by atoms with van der Waals surface area (Å²) in [5.41, 5.74) is 0.179. The van der Waals surface area contributed by atoms with Crippen molar-refractivity contribution >= 4 is 29.5 Å². The molecule has 26 heavy (non-hydrogen) atoms. The molecule has 0 heterocycles. The largest absolute Gasteiger partial charge is 0.444 e. The summed E-state index contributed by atoms with van der Waals surface area (Å²) in [5.74, 6) is -0.389. The maximum Gasteiger partial charge on any atom is 0.407 e. The van der Waals surface area contributed by atoms with Crippen LogP contribution in [0.5, 0.6) is 0 Å². The Kier molecular flexibility index (Phi) is 8.92. The highest BCUT2D eigenvalue weighted by Gasteiger charge is 2.15. The smallest absolute Gasteiger partial charge is 0.407 e. The molecule has 8 heteroatoms. The monoisotopic (exact) mass is 383 g/mol. The number of halogens is 1. The lowest BCUT2D eigenvalue weighted by molar-refractivity contribution is -0.122. The van der Waals surface area contributed by atoms with Gasteiger partial charge in [-0.2, -0.15) is 0 Å². The van der Waals surface area contributed by atoms with E-state index in [1.165, 1.54) is 0 Å². The Morgan fingerprint density at radius 2 is 1.58 bits per heavy atom. The molecule has 0 aromatic heterocycles. The van der Waals surface area contributed by atoms with Crippen molar-refractivity contribution in [3.05, 3.63) is 34.9 Å². The van der Waals surface area contributed by atoms with E-state index in [1.54, 1.807) is 39.0 Å². The predicted octanol–water partition coefficient (Wildman–Crippen LogP) is 2.03. The number of hydrogen-bond acceptors (Lipinski definition) is 4. The molecule has 0 bridgehead atoms. The van der Waals surface area contributed by atoms with Gasteiger partial charge in [-0.05, 0) is 32.4 Å². The van der Waals surface area contributed by atoms with E-state index in [-0.39, 0.29) is 31.2 Å². The van der Waals surface area contributed by atoms with Crippen LogP contribution in [0, 0.1) is 0 Å². The number of hydrogen-bond donors (Lipinski definition) is 3. The van der Waals surface area contributed by atoms with Crippen LogP contribution < -0.4 is 16.0 Å². The summed E-state index contributed by atoms with van der Waals surface area (Å²) >= 11 is 6.00. The number of rotatable bonds is 8. The Bertz CT molecular complexity index is 629. The average Bonchev–Trinajstić information content (AvgIpc) is 2.52. The molecule has 1 rings (SSSR count). The van der Waals surface area contributed by atoms with Crippen LogP contribution in [0.3, 0.4) is 0 Å². The molecule has 1 aromatic carbocycles. The number of ether oxygens (including phenoxy) is 1. The molecule has 0 unspecified atom stereocenters. The first kappa shape index (κ1) is 21.8. The third-order valence-corrected chi connectivity index (χ3v) is 3.47. The molecule has 0 aliphatic carbocycles. The van der Waals surface area contributed by atoms with Crippen LogP contribution in [0.15, 0.2) is 24.3 Å². The highest BCUT2D eigenvalue weighted by atomic mass is 35.5. The highest BCUT2D eigenvalue weighted by molar-refractivity contribution is 6.31. The van der Waals surface area contributed by atoms with Crippen LogP contribution >= 0.6 is 11.6 Å². The van der Waals surface area contributed by atoms with Crippen molar-refractivity contribution in [2.45, 2.75) is 39.2 Å². The molecule has 1 aromatic rings. The minimum Gasteiger partial charge on any atom is -0.444 e. The first-order chi connectivity index (χ1) is 12.2. The van der Waals surface area contributed by atoms with E-state index in [4.69, 9.17) is 16.3 Å². The van der Waals surface area contributed by atoms with Crippen molar-refractivity contribution in [3.8, 4) is 0 Å². The molecule has 7 nitrogen and oxygen atoms in total. The fourth-order valence-corrected chi connectivity index (χ4v) is 2.16. The first-order valence-electron chi connectivity index (χ1n) is 8.41. The van der Waals surface area contributed by atoms with Gasteiger partial charge in [-0.3, -0.25) is 9.59 Å². The quantitative estimate of drug-likeness (QED) is 0.598. The molecule has 0 saturated heterocycles. The third-order valence-electron chi connectivity index (χ3n) is 3.10. The molecule has 3 amide bonds. The van der Waals surface area contributed by atoms with E-state index in [1.807, 2.05) is 6.07 Å². The van der Waals surface area contributed by atoms with Gasteiger partial charge in [0.1, 0.15) is 5.60 Å². The van der Waals surface area contributed by atoms with E-state index in [0.29, 0.717) is 18.1 Å². The molecule has 0 radical (unpaired) electrons. The summed E-state index contributed by atoms with van der Waals surface area (Å²) in [6, 6.07) is 7.15. The van der Waals surface area contributed by atoms with E-state index in [2.05, 4.69) is 16.0 Å². The summed E-state index contributed by atoms with van der Waals surface area (Å²) in [6.45, 7) is 6.09. The average molecular weight is 384 g/mol. The second kappa shape index (κ2) is 10.7. The molecule has 0 atom stereocenters. The molecule has 0 aliphatic heterocycles. The topological polar surface area (TPSA) is 96.5 Å². The van der Waals surface area contributed by atoms with Gasteiger partial charge in [-0.25, -0.2) is 4.79 Å². The number of nitrogens with one attached hydrogen (secondary N) is 3. The van der Waals surface area contributed by atoms with Crippen molar-refractivity contribution in [1.29, 1.82) is 0 Å². The number of carbonyl (C=O) groups is 3.